The zero-order valence-electron chi connectivity index (χ0n) is 18.8. The van der Waals surface area contributed by atoms with Crippen molar-refractivity contribution in [3.8, 4) is 0 Å². The fraction of sp³-hybridized carbons (Fsp3) is 0.680. The highest BCUT2D eigenvalue weighted by Gasteiger charge is 2.41. The summed E-state index contributed by atoms with van der Waals surface area (Å²) >= 11 is 0. The Labute approximate surface area is 184 Å². The number of nitrogens with zero attached hydrogens (tertiary/aromatic N) is 3. The number of carbonyl (C=O) groups is 1. The number of aromatic nitrogens is 2. The number of rotatable bonds is 9. The van der Waals surface area contributed by atoms with E-state index >= 15 is 0 Å². The number of fused-ring (bicyclic) bond motifs is 3. The van der Waals surface area contributed by atoms with E-state index < -0.39 is 0 Å². The Bertz CT molecular complexity index is 908. The van der Waals surface area contributed by atoms with E-state index in [9.17, 15) is 4.79 Å². The molecular formula is C25H35N3O3. The van der Waals surface area contributed by atoms with Gasteiger partial charge in [-0.2, -0.15) is 5.10 Å². The summed E-state index contributed by atoms with van der Waals surface area (Å²) in [5.41, 5.74) is 1.60. The van der Waals surface area contributed by atoms with Gasteiger partial charge in [0.1, 0.15) is 0 Å². The predicted octanol–water partition coefficient (Wildman–Crippen LogP) is 4.27. The average Bonchev–Trinajstić information content (AvgIpc) is 3.47. The molecule has 3 aliphatic rings. The van der Waals surface area contributed by atoms with Crippen LogP contribution in [0.5, 0.6) is 0 Å². The largest absolute Gasteiger partial charge is 0.462 e. The number of esters is 1. The fourth-order valence-corrected chi connectivity index (χ4v) is 5.49. The lowest BCUT2D eigenvalue weighted by atomic mass is 9.98. The van der Waals surface area contributed by atoms with Gasteiger partial charge >= 0.3 is 5.97 Å². The number of ether oxygens (including phenoxy) is 2. The Hall–Kier alpha value is -1.92. The molecule has 0 radical (unpaired) electrons. The van der Waals surface area contributed by atoms with Crippen LogP contribution in [0.4, 0.5) is 0 Å². The molecular weight excluding hydrogens is 390 g/mol. The summed E-state index contributed by atoms with van der Waals surface area (Å²) in [5.74, 6) is 1.07. The molecule has 6 nitrogen and oxygen atoms in total. The number of piperidine rings is 1. The summed E-state index contributed by atoms with van der Waals surface area (Å²) in [6.45, 7) is 7.48. The molecule has 5 rings (SSSR count). The number of hydrogen-bond acceptors (Lipinski definition) is 5. The smallest absolute Gasteiger partial charge is 0.338 e. The van der Waals surface area contributed by atoms with Crippen LogP contribution in [0.25, 0.3) is 10.9 Å². The van der Waals surface area contributed by atoms with Gasteiger partial charge in [-0.05, 0) is 69.4 Å². The van der Waals surface area contributed by atoms with Gasteiger partial charge in [0.2, 0.25) is 0 Å². The maximum atomic E-state index is 12.1. The summed E-state index contributed by atoms with van der Waals surface area (Å²) in [7, 11) is 0. The molecule has 2 aromatic rings. The van der Waals surface area contributed by atoms with Crippen LogP contribution in [0.1, 0.15) is 62.7 Å². The van der Waals surface area contributed by atoms with Gasteiger partial charge in [0.25, 0.3) is 0 Å². The monoisotopic (exact) mass is 425 g/mol. The summed E-state index contributed by atoms with van der Waals surface area (Å²) in [5, 5.41) is 5.68. The Morgan fingerprint density at radius 1 is 1.16 bits per heavy atom. The van der Waals surface area contributed by atoms with Crippen LogP contribution in [-0.2, 0) is 16.0 Å². The van der Waals surface area contributed by atoms with Crippen molar-refractivity contribution in [3.05, 3.63) is 30.0 Å². The third-order valence-corrected chi connectivity index (χ3v) is 7.27. The van der Waals surface area contributed by atoms with Gasteiger partial charge in [-0.3, -0.25) is 9.58 Å². The number of carbonyl (C=O) groups excluding carboxylic acids is 1. The van der Waals surface area contributed by atoms with Crippen LogP contribution in [0, 0.1) is 11.8 Å². The van der Waals surface area contributed by atoms with Crippen molar-refractivity contribution in [2.24, 2.45) is 11.8 Å². The SMILES string of the molecule is CCOC(=O)c1ccc2cnn(C[C@H](C)CN3[C@@H]4CC[C@H]3C[C@@H](OCC3CC3)C4)c2c1. The van der Waals surface area contributed by atoms with Crippen LogP contribution in [0.15, 0.2) is 24.4 Å². The molecule has 0 spiro atoms. The maximum Gasteiger partial charge on any atom is 0.338 e. The van der Waals surface area contributed by atoms with E-state index in [-0.39, 0.29) is 5.97 Å². The molecule has 1 saturated carbocycles. The molecule has 31 heavy (non-hydrogen) atoms. The van der Waals surface area contributed by atoms with E-state index in [1.807, 2.05) is 31.3 Å². The van der Waals surface area contributed by atoms with Gasteiger partial charge in [-0.15, -0.1) is 0 Å². The predicted molar refractivity (Wildman–Crippen MR) is 120 cm³/mol. The molecule has 1 aliphatic carbocycles. The van der Waals surface area contributed by atoms with E-state index in [4.69, 9.17) is 9.47 Å². The van der Waals surface area contributed by atoms with Gasteiger partial charge in [0.05, 0.1) is 30.0 Å². The van der Waals surface area contributed by atoms with Crippen LogP contribution < -0.4 is 0 Å². The lowest BCUT2D eigenvalue weighted by Crippen LogP contribution is -2.47. The minimum Gasteiger partial charge on any atom is -0.462 e. The van der Waals surface area contributed by atoms with E-state index in [0.717, 1.165) is 36.5 Å². The number of benzene rings is 1. The van der Waals surface area contributed by atoms with E-state index in [2.05, 4.69) is 21.6 Å². The molecule has 4 atom stereocenters. The Morgan fingerprint density at radius 3 is 2.65 bits per heavy atom. The van der Waals surface area contributed by atoms with Crippen molar-refractivity contribution in [3.63, 3.8) is 0 Å². The highest BCUT2D eigenvalue weighted by molar-refractivity contribution is 5.94. The van der Waals surface area contributed by atoms with Crippen molar-refractivity contribution in [2.75, 3.05) is 19.8 Å². The molecule has 2 bridgehead atoms. The van der Waals surface area contributed by atoms with Crippen LogP contribution in [0.3, 0.4) is 0 Å². The molecule has 0 N–H and O–H groups in total. The van der Waals surface area contributed by atoms with Crippen molar-refractivity contribution in [1.82, 2.24) is 14.7 Å². The second kappa shape index (κ2) is 8.91. The minimum absolute atomic E-state index is 0.270. The normalized spacial score (nSPS) is 27.0. The fourth-order valence-electron chi connectivity index (χ4n) is 5.49. The second-order valence-corrected chi connectivity index (χ2v) is 9.88. The molecule has 2 aliphatic heterocycles. The maximum absolute atomic E-state index is 12.1. The molecule has 1 aromatic heterocycles. The lowest BCUT2D eigenvalue weighted by Gasteiger charge is -2.40. The first-order valence-corrected chi connectivity index (χ1v) is 12.1. The summed E-state index contributed by atoms with van der Waals surface area (Å²) < 4.78 is 13.5. The summed E-state index contributed by atoms with van der Waals surface area (Å²) in [6, 6.07) is 7.05. The average molecular weight is 426 g/mol. The number of hydrogen-bond donors (Lipinski definition) is 0. The Kier molecular flexibility index (Phi) is 6.02. The third-order valence-electron chi connectivity index (χ3n) is 7.27. The first kappa shape index (κ1) is 21.0. The molecule has 2 saturated heterocycles. The van der Waals surface area contributed by atoms with Gasteiger partial charge < -0.3 is 9.47 Å². The van der Waals surface area contributed by atoms with Crippen molar-refractivity contribution in [1.29, 1.82) is 0 Å². The van der Waals surface area contributed by atoms with Crippen molar-refractivity contribution in [2.45, 2.75) is 77.1 Å². The highest BCUT2D eigenvalue weighted by atomic mass is 16.5. The van der Waals surface area contributed by atoms with E-state index in [1.165, 1.54) is 38.5 Å². The first-order chi connectivity index (χ1) is 15.1. The van der Waals surface area contributed by atoms with Gasteiger partial charge in [0, 0.05) is 37.2 Å². The quantitative estimate of drug-likeness (QED) is 0.562. The standard InChI is InChI=1S/C25H35N3O3/c1-3-30-25(29)19-6-7-20-13-26-28(24(20)10-19)15-17(2)14-27-21-8-9-22(27)12-23(11-21)31-16-18-4-5-18/h6-7,10,13,17-18,21-23H,3-5,8-9,11-12,14-16H2,1-2H3/t17-,21-,22+,23+/m1/s1. The molecule has 6 heteroatoms. The zero-order chi connectivity index (χ0) is 21.4. The molecule has 1 aromatic carbocycles. The van der Waals surface area contributed by atoms with Crippen LogP contribution >= 0.6 is 0 Å². The molecule has 3 heterocycles. The highest BCUT2D eigenvalue weighted by Crippen LogP contribution is 2.38. The molecule has 0 amide bonds. The van der Waals surface area contributed by atoms with Crippen LogP contribution in [-0.4, -0.2) is 58.6 Å². The van der Waals surface area contributed by atoms with Crippen molar-refractivity contribution >= 4 is 16.9 Å². The van der Waals surface area contributed by atoms with E-state index in [0.29, 0.717) is 36.3 Å². The first-order valence-electron chi connectivity index (χ1n) is 12.1. The van der Waals surface area contributed by atoms with Crippen molar-refractivity contribution < 1.29 is 14.3 Å². The second-order valence-electron chi connectivity index (χ2n) is 9.88. The minimum atomic E-state index is -0.270. The van der Waals surface area contributed by atoms with Gasteiger partial charge in [-0.1, -0.05) is 13.0 Å². The third kappa shape index (κ3) is 4.65. The topological polar surface area (TPSA) is 56.6 Å². The van der Waals surface area contributed by atoms with Crippen LogP contribution in [0.2, 0.25) is 0 Å². The zero-order valence-corrected chi connectivity index (χ0v) is 18.8. The Balaban J connectivity index is 1.20. The lowest BCUT2D eigenvalue weighted by molar-refractivity contribution is -0.0276. The Morgan fingerprint density at radius 2 is 1.94 bits per heavy atom. The van der Waals surface area contributed by atoms with E-state index in [1.54, 1.807) is 0 Å². The molecule has 168 valence electrons. The summed E-state index contributed by atoms with van der Waals surface area (Å²) in [6.07, 6.45) is 10.1. The van der Waals surface area contributed by atoms with Gasteiger partial charge in [-0.25, -0.2) is 4.79 Å². The van der Waals surface area contributed by atoms with Gasteiger partial charge in [0.15, 0.2) is 0 Å². The summed E-state index contributed by atoms with van der Waals surface area (Å²) in [4.78, 5) is 14.9. The molecule has 3 fully saturated rings. The molecule has 0 unspecified atom stereocenters.